The van der Waals surface area contributed by atoms with Gasteiger partial charge in [-0.25, -0.2) is 8.42 Å². The van der Waals surface area contributed by atoms with Crippen molar-refractivity contribution in [1.82, 2.24) is 0 Å². The molecule has 30 heavy (non-hydrogen) atoms. The number of nitrogens with one attached hydrogen (secondary N) is 1. The van der Waals surface area contributed by atoms with Crippen LogP contribution >= 0.6 is 11.3 Å². The number of nitrogens with zero attached hydrogens (tertiary/aromatic N) is 1. The molecule has 0 radical (unpaired) electrons. The molecule has 1 N–H and O–H groups in total. The summed E-state index contributed by atoms with van der Waals surface area (Å²) in [6.07, 6.45) is 0.690. The van der Waals surface area contributed by atoms with Crippen LogP contribution in [-0.2, 0) is 21.1 Å². The largest absolute Gasteiger partial charge is 0.320 e. The standard InChI is InChI=1S/C22H20N2O4S2/c1-15-13-16-7-2-4-9-18(16)24(15)21(25)14-30(27,28)20-11-5-3-8-17(20)23-22(26)19-10-6-12-29-19/h2-12,15H,13-14H2,1H3,(H,23,26)/t15-/m0/s1. The number of benzene rings is 2. The lowest BCUT2D eigenvalue weighted by Crippen LogP contribution is -2.39. The maximum atomic E-state index is 13.1. The summed E-state index contributed by atoms with van der Waals surface area (Å²) >= 11 is 1.26. The van der Waals surface area contributed by atoms with Crippen LogP contribution in [0.3, 0.4) is 0 Å². The zero-order valence-electron chi connectivity index (χ0n) is 16.2. The van der Waals surface area contributed by atoms with Crippen LogP contribution < -0.4 is 10.2 Å². The van der Waals surface area contributed by atoms with Crippen molar-refractivity contribution >= 4 is 44.4 Å². The number of hydrogen-bond donors (Lipinski definition) is 1. The molecule has 0 aliphatic carbocycles. The maximum Gasteiger partial charge on any atom is 0.265 e. The third-order valence-corrected chi connectivity index (χ3v) is 7.53. The van der Waals surface area contributed by atoms with Crippen molar-refractivity contribution in [2.75, 3.05) is 16.0 Å². The minimum atomic E-state index is -3.97. The molecule has 1 aliphatic heterocycles. The van der Waals surface area contributed by atoms with E-state index in [4.69, 9.17) is 0 Å². The van der Waals surface area contributed by atoms with Crippen LogP contribution in [0.25, 0.3) is 0 Å². The molecule has 1 aromatic heterocycles. The molecule has 2 heterocycles. The van der Waals surface area contributed by atoms with Gasteiger partial charge in [-0.2, -0.15) is 0 Å². The Balaban J connectivity index is 1.59. The number of carbonyl (C=O) groups excluding carboxylic acids is 2. The molecule has 0 saturated heterocycles. The highest BCUT2D eigenvalue weighted by atomic mass is 32.2. The second kappa shape index (κ2) is 8.04. The molecule has 2 aromatic carbocycles. The topological polar surface area (TPSA) is 83.6 Å². The molecule has 1 atom stereocenters. The number of hydrogen-bond acceptors (Lipinski definition) is 5. The lowest BCUT2D eigenvalue weighted by atomic mass is 10.1. The van der Waals surface area contributed by atoms with Crippen molar-refractivity contribution < 1.29 is 18.0 Å². The van der Waals surface area contributed by atoms with Gasteiger partial charge in [0.25, 0.3) is 5.91 Å². The summed E-state index contributed by atoms with van der Waals surface area (Å²) in [7, 11) is -3.97. The molecule has 0 saturated carbocycles. The smallest absolute Gasteiger partial charge is 0.265 e. The van der Waals surface area contributed by atoms with E-state index in [9.17, 15) is 18.0 Å². The minimum absolute atomic E-state index is 0.0663. The van der Waals surface area contributed by atoms with E-state index >= 15 is 0 Å². The number of fused-ring (bicyclic) bond motifs is 1. The number of rotatable bonds is 5. The predicted octanol–water partition coefficient (Wildman–Crippen LogP) is 3.75. The average molecular weight is 441 g/mol. The Morgan fingerprint density at radius 1 is 1.07 bits per heavy atom. The highest BCUT2D eigenvalue weighted by Crippen LogP contribution is 2.32. The van der Waals surface area contributed by atoms with E-state index < -0.39 is 21.5 Å². The first kappa shape index (κ1) is 20.3. The highest BCUT2D eigenvalue weighted by molar-refractivity contribution is 7.92. The van der Waals surface area contributed by atoms with Crippen molar-refractivity contribution in [3.63, 3.8) is 0 Å². The minimum Gasteiger partial charge on any atom is -0.320 e. The summed E-state index contributed by atoms with van der Waals surface area (Å²) in [6.45, 7) is 1.90. The van der Waals surface area contributed by atoms with Gasteiger partial charge in [0.05, 0.1) is 15.5 Å². The Hall–Kier alpha value is -2.97. The highest BCUT2D eigenvalue weighted by Gasteiger charge is 2.34. The van der Waals surface area contributed by atoms with Crippen molar-refractivity contribution in [3.8, 4) is 0 Å². The van der Waals surface area contributed by atoms with Gasteiger partial charge in [0.15, 0.2) is 9.84 Å². The monoisotopic (exact) mass is 440 g/mol. The fraction of sp³-hybridized carbons (Fsp3) is 0.182. The average Bonchev–Trinajstić information content (AvgIpc) is 3.35. The van der Waals surface area contributed by atoms with Crippen LogP contribution in [0, 0.1) is 0 Å². The van der Waals surface area contributed by atoms with Gasteiger partial charge in [-0.05, 0) is 48.6 Å². The summed E-state index contributed by atoms with van der Waals surface area (Å²) in [6, 6.07) is 17.0. The van der Waals surface area contributed by atoms with Gasteiger partial charge in [-0.3, -0.25) is 9.59 Å². The molecular weight excluding hydrogens is 420 g/mol. The van der Waals surface area contributed by atoms with Crippen molar-refractivity contribution in [1.29, 1.82) is 0 Å². The van der Waals surface area contributed by atoms with Crippen LogP contribution in [-0.4, -0.2) is 32.0 Å². The first-order valence-electron chi connectivity index (χ1n) is 9.43. The molecular formula is C22H20N2O4S2. The Labute approximate surface area is 179 Å². The lowest BCUT2D eigenvalue weighted by Gasteiger charge is -2.23. The Bertz CT molecular complexity index is 1200. The Morgan fingerprint density at radius 3 is 2.57 bits per heavy atom. The van der Waals surface area contributed by atoms with Gasteiger partial charge in [0, 0.05) is 11.7 Å². The number of anilines is 2. The summed E-state index contributed by atoms with van der Waals surface area (Å²) in [5, 5.41) is 4.42. The molecule has 6 nitrogen and oxygen atoms in total. The molecule has 1 aliphatic rings. The molecule has 0 bridgehead atoms. The number of thiophene rings is 1. The maximum absolute atomic E-state index is 13.1. The quantitative estimate of drug-likeness (QED) is 0.655. The van der Waals surface area contributed by atoms with Crippen LogP contribution in [0.5, 0.6) is 0 Å². The van der Waals surface area contributed by atoms with Gasteiger partial charge in [-0.1, -0.05) is 36.4 Å². The fourth-order valence-electron chi connectivity index (χ4n) is 3.69. The Kier molecular flexibility index (Phi) is 5.44. The zero-order valence-corrected chi connectivity index (χ0v) is 17.9. The number of carbonyl (C=O) groups is 2. The van der Waals surface area contributed by atoms with Crippen LogP contribution in [0.1, 0.15) is 22.2 Å². The number of para-hydroxylation sites is 2. The fourth-order valence-corrected chi connectivity index (χ4v) is 5.67. The van der Waals surface area contributed by atoms with E-state index in [0.717, 1.165) is 11.3 Å². The second-order valence-electron chi connectivity index (χ2n) is 7.13. The number of sulfone groups is 1. The molecule has 0 fully saturated rings. The van der Waals surface area contributed by atoms with E-state index in [1.165, 1.54) is 23.5 Å². The number of amides is 2. The van der Waals surface area contributed by atoms with Gasteiger partial charge in [-0.15, -0.1) is 11.3 Å². The van der Waals surface area contributed by atoms with Crippen LogP contribution in [0.2, 0.25) is 0 Å². The third kappa shape index (κ3) is 3.88. The van der Waals surface area contributed by atoms with Crippen molar-refractivity contribution in [3.05, 3.63) is 76.5 Å². The van der Waals surface area contributed by atoms with Gasteiger partial charge >= 0.3 is 0 Å². The van der Waals surface area contributed by atoms with E-state index in [1.54, 1.807) is 34.5 Å². The molecule has 0 unspecified atom stereocenters. The summed E-state index contributed by atoms with van der Waals surface area (Å²) in [4.78, 5) is 27.3. The second-order valence-corrected chi connectivity index (χ2v) is 10.0. The molecule has 0 spiro atoms. The lowest BCUT2D eigenvalue weighted by molar-refractivity contribution is -0.116. The molecule has 8 heteroatoms. The normalized spacial score (nSPS) is 15.6. The SMILES string of the molecule is C[C@H]1Cc2ccccc2N1C(=O)CS(=O)(=O)c1ccccc1NC(=O)c1cccs1. The van der Waals surface area contributed by atoms with E-state index in [-0.39, 0.29) is 22.5 Å². The Morgan fingerprint density at radius 2 is 1.80 bits per heavy atom. The molecule has 2 amide bonds. The van der Waals surface area contributed by atoms with Crippen molar-refractivity contribution in [2.45, 2.75) is 24.3 Å². The summed E-state index contributed by atoms with van der Waals surface area (Å²) < 4.78 is 26.2. The van der Waals surface area contributed by atoms with E-state index in [1.807, 2.05) is 31.2 Å². The molecule has 4 rings (SSSR count). The summed E-state index contributed by atoms with van der Waals surface area (Å²) in [5.74, 6) is -1.54. The zero-order chi connectivity index (χ0) is 21.3. The van der Waals surface area contributed by atoms with E-state index in [0.29, 0.717) is 11.3 Å². The van der Waals surface area contributed by atoms with Crippen LogP contribution in [0.4, 0.5) is 11.4 Å². The molecule has 154 valence electrons. The van der Waals surface area contributed by atoms with Crippen molar-refractivity contribution in [2.24, 2.45) is 0 Å². The van der Waals surface area contributed by atoms with Gasteiger partial charge in [0.1, 0.15) is 5.75 Å². The third-order valence-electron chi connectivity index (χ3n) is 5.00. The predicted molar refractivity (Wildman–Crippen MR) is 118 cm³/mol. The van der Waals surface area contributed by atoms with Crippen LogP contribution in [0.15, 0.2) is 70.9 Å². The summed E-state index contributed by atoms with van der Waals surface area (Å²) in [5.41, 5.74) is 1.95. The molecule has 3 aromatic rings. The first-order chi connectivity index (χ1) is 14.4. The van der Waals surface area contributed by atoms with Gasteiger partial charge < -0.3 is 10.2 Å². The van der Waals surface area contributed by atoms with Gasteiger partial charge in [0.2, 0.25) is 5.91 Å². The first-order valence-corrected chi connectivity index (χ1v) is 12.0. The van der Waals surface area contributed by atoms with E-state index in [2.05, 4.69) is 5.32 Å².